The summed E-state index contributed by atoms with van der Waals surface area (Å²) in [5.41, 5.74) is 3.82. The van der Waals surface area contributed by atoms with E-state index in [9.17, 15) is 4.79 Å². The number of carbonyl (C=O) groups excluding carboxylic acids is 1. The minimum Gasteiger partial charge on any atom is -0.295 e. The molecule has 0 aliphatic heterocycles. The van der Waals surface area contributed by atoms with Crippen molar-refractivity contribution in [2.75, 3.05) is 0 Å². The zero-order valence-electron chi connectivity index (χ0n) is 14.9. The summed E-state index contributed by atoms with van der Waals surface area (Å²) in [4.78, 5) is 11.8. The molecule has 0 heterocycles. The lowest BCUT2D eigenvalue weighted by molar-refractivity contribution is -0.115. The number of carbonyl (C=O) groups is 1. The van der Waals surface area contributed by atoms with E-state index in [1.54, 1.807) is 5.57 Å². The first kappa shape index (κ1) is 15.7. The van der Waals surface area contributed by atoms with Gasteiger partial charge in [0, 0.05) is 6.42 Å². The third-order valence-electron chi connectivity index (χ3n) is 7.83. The maximum atomic E-state index is 11.8. The highest BCUT2D eigenvalue weighted by atomic mass is 16.1. The van der Waals surface area contributed by atoms with Gasteiger partial charge >= 0.3 is 0 Å². The second-order valence-electron chi connectivity index (χ2n) is 8.82. The molecule has 0 spiro atoms. The van der Waals surface area contributed by atoms with E-state index in [1.807, 2.05) is 6.08 Å². The van der Waals surface area contributed by atoms with Gasteiger partial charge in [-0.15, -0.1) is 0 Å². The zero-order chi connectivity index (χ0) is 16.0. The van der Waals surface area contributed by atoms with E-state index in [0.717, 1.165) is 36.5 Å². The Morgan fingerprint density at radius 2 is 2.00 bits per heavy atom. The minimum atomic E-state index is 0.390. The van der Waals surface area contributed by atoms with Crippen LogP contribution in [0, 0.1) is 29.1 Å². The molecule has 0 aromatic heterocycles. The van der Waals surface area contributed by atoms with Gasteiger partial charge in [0.1, 0.15) is 0 Å². The van der Waals surface area contributed by atoms with Gasteiger partial charge in [-0.05, 0) is 86.5 Å². The molecule has 4 aliphatic carbocycles. The molecule has 0 aromatic rings. The summed E-state index contributed by atoms with van der Waals surface area (Å²) in [6.45, 7) is 4.88. The van der Waals surface area contributed by atoms with Crippen molar-refractivity contribution in [3.63, 3.8) is 0 Å². The highest BCUT2D eigenvalue weighted by Crippen LogP contribution is 2.63. The first-order chi connectivity index (χ1) is 11.1. The molecule has 126 valence electrons. The maximum Gasteiger partial charge on any atom is 0.155 e. The molecule has 0 saturated heterocycles. The Balaban J connectivity index is 1.59. The summed E-state index contributed by atoms with van der Waals surface area (Å²) in [7, 11) is 0. The van der Waals surface area contributed by atoms with Crippen LogP contribution in [-0.2, 0) is 4.79 Å². The van der Waals surface area contributed by atoms with Gasteiger partial charge in [-0.1, -0.05) is 37.5 Å². The summed E-state index contributed by atoms with van der Waals surface area (Å²) in [5.74, 6) is 3.87. The number of rotatable bonds is 2. The standard InChI is InChI=1S/C22H32O/c1-3-4-5-16-7-11-21-20-9-6-15-14-17(23)8-10-18(15)19(20)12-13-22(16,21)2/h5,14,18-21H,3-4,6-13H2,1-2H3/b16-5-/t18-,19?,20?,21?,22+/m0/s1. The monoisotopic (exact) mass is 312 g/mol. The summed E-state index contributed by atoms with van der Waals surface area (Å²) in [6, 6.07) is 0. The highest BCUT2D eigenvalue weighted by Gasteiger charge is 2.54. The molecule has 0 N–H and O–H groups in total. The number of ketones is 1. The van der Waals surface area contributed by atoms with Crippen molar-refractivity contribution in [1.82, 2.24) is 0 Å². The van der Waals surface area contributed by atoms with Crippen LogP contribution in [0.5, 0.6) is 0 Å². The SMILES string of the molecule is CCC/C=C1/CCC2C3CCC4=CC(=O)CC[C@@H]4C3CC[C@]12C. The number of hydrogen-bond acceptors (Lipinski definition) is 1. The van der Waals surface area contributed by atoms with Crippen LogP contribution in [0.15, 0.2) is 23.3 Å². The summed E-state index contributed by atoms with van der Waals surface area (Å²) < 4.78 is 0. The molecule has 0 amide bonds. The number of unbranched alkanes of at least 4 members (excludes halogenated alkanes) is 1. The minimum absolute atomic E-state index is 0.390. The smallest absolute Gasteiger partial charge is 0.155 e. The second kappa shape index (κ2) is 5.90. The fourth-order valence-electron chi connectivity index (χ4n) is 6.68. The van der Waals surface area contributed by atoms with Crippen molar-refractivity contribution < 1.29 is 4.79 Å². The van der Waals surface area contributed by atoms with Gasteiger partial charge in [-0.2, -0.15) is 0 Å². The van der Waals surface area contributed by atoms with Crippen molar-refractivity contribution in [3.05, 3.63) is 23.3 Å². The van der Waals surface area contributed by atoms with Crippen LogP contribution >= 0.6 is 0 Å². The van der Waals surface area contributed by atoms with Gasteiger partial charge in [0.2, 0.25) is 0 Å². The first-order valence-electron chi connectivity index (χ1n) is 10.1. The summed E-state index contributed by atoms with van der Waals surface area (Å²) in [5, 5.41) is 0. The van der Waals surface area contributed by atoms with Crippen LogP contribution in [0.4, 0.5) is 0 Å². The van der Waals surface area contributed by atoms with E-state index in [0.29, 0.717) is 11.2 Å². The summed E-state index contributed by atoms with van der Waals surface area (Å²) in [6.07, 6.45) is 17.3. The lowest BCUT2D eigenvalue weighted by Crippen LogP contribution is -2.45. The van der Waals surface area contributed by atoms with Gasteiger partial charge in [0.25, 0.3) is 0 Å². The van der Waals surface area contributed by atoms with E-state index < -0.39 is 0 Å². The van der Waals surface area contributed by atoms with Crippen molar-refractivity contribution in [3.8, 4) is 0 Å². The molecule has 3 unspecified atom stereocenters. The maximum absolute atomic E-state index is 11.8. The topological polar surface area (TPSA) is 17.1 Å². The average molecular weight is 312 g/mol. The zero-order valence-corrected chi connectivity index (χ0v) is 14.9. The Hall–Kier alpha value is -0.850. The fraction of sp³-hybridized carbons (Fsp3) is 0.773. The van der Waals surface area contributed by atoms with Crippen LogP contribution in [0.3, 0.4) is 0 Å². The van der Waals surface area contributed by atoms with Gasteiger partial charge in [0.15, 0.2) is 5.78 Å². The van der Waals surface area contributed by atoms with Crippen molar-refractivity contribution in [1.29, 1.82) is 0 Å². The van der Waals surface area contributed by atoms with Crippen LogP contribution in [0.2, 0.25) is 0 Å². The fourth-order valence-corrected chi connectivity index (χ4v) is 6.68. The van der Waals surface area contributed by atoms with Gasteiger partial charge in [-0.25, -0.2) is 0 Å². The quantitative estimate of drug-likeness (QED) is 0.584. The summed E-state index contributed by atoms with van der Waals surface area (Å²) >= 11 is 0. The Morgan fingerprint density at radius 3 is 2.83 bits per heavy atom. The predicted molar refractivity (Wildman–Crippen MR) is 95.1 cm³/mol. The van der Waals surface area contributed by atoms with E-state index in [-0.39, 0.29) is 0 Å². The Morgan fingerprint density at radius 1 is 1.13 bits per heavy atom. The van der Waals surface area contributed by atoms with E-state index in [4.69, 9.17) is 0 Å². The largest absolute Gasteiger partial charge is 0.295 e. The molecule has 0 bridgehead atoms. The van der Waals surface area contributed by atoms with Crippen LogP contribution < -0.4 is 0 Å². The number of allylic oxidation sites excluding steroid dienone is 3. The lowest BCUT2D eigenvalue weighted by Gasteiger charge is -2.53. The lowest BCUT2D eigenvalue weighted by atomic mass is 9.52. The molecule has 4 rings (SSSR count). The number of hydrogen-bond donors (Lipinski definition) is 0. The van der Waals surface area contributed by atoms with Gasteiger partial charge in [0.05, 0.1) is 0 Å². The van der Waals surface area contributed by atoms with E-state index in [2.05, 4.69) is 19.9 Å². The number of fused-ring (bicyclic) bond motifs is 5. The van der Waals surface area contributed by atoms with Crippen LogP contribution in [0.25, 0.3) is 0 Å². The predicted octanol–water partition coefficient (Wildman–Crippen LogP) is 5.85. The highest BCUT2D eigenvalue weighted by molar-refractivity contribution is 5.91. The molecular weight excluding hydrogens is 280 g/mol. The van der Waals surface area contributed by atoms with Gasteiger partial charge < -0.3 is 0 Å². The second-order valence-corrected chi connectivity index (χ2v) is 8.82. The molecule has 3 fully saturated rings. The van der Waals surface area contributed by atoms with E-state index in [1.165, 1.54) is 56.9 Å². The molecule has 1 heteroatoms. The van der Waals surface area contributed by atoms with Crippen LogP contribution in [-0.4, -0.2) is 5.78 Å². The molecule has 1 nitrogen and oxygen atoms in total. The third kappa shape index (κ3) is 2.46. The molecule has 0 radical (unpaired) electrons. The molecule has 3 saturated carbocycles. The Labute approximate surface area is 141 Å². The molecular formula is C22H32O. The first-order valence-corrected chi connectivity index (χ1v) is 10.1. The molecule has 0 aromatic carbocycles. The average Bonchev–Trinajstić information content (AvgIpc) is 2.89. The van der Waals surface area contributed by atoms with Crippen molar-refractivity contribution in [2.24, 2.45) is 29.1 Å². The van der Waals surface area contributed by atoms with Crippen LogP contribution in [0.1, 0.15) is 78.1 Å². The normalized spacial score (nSPS) is 44.5. The van der Waals surface area contributed by atoms with Crippen molar-refractivity contribution >= 4 is 5.78 Å². The molecule has 4 aliphatic rings. The molecule has 5 atom stereocenters. The van der Waals surface area contributed by atoms with Crippen molar-refractivity contribution in [2.45, 2.75) is 78.1 Å². The van der Waals surface area contributed by atoms with Gasteiger partial charge in [-0.3, -0.25) is 4.79 Å². The third-order valence-corrected chi connectivity index (χ3v) is 7.83. The Bertz CT molecular complexity index is 554. The van der Waals surface area contributed by atoms with E-state index >= 15 is 0 Å². The molecule has 23 heavy (non-hydrogen) atoms. The Kier molecular flexibility index (Phi) is 4.02.